The van der Waals surface area contributed by atoms with E-state index in [-0.39, 0.29) is 0 Å². The third kappa shape index (κ3) is 2.03. The van der Waals surface area contributed by atoms with E-state index in [1.807, 2.05) is 5.51 Å². The first-order chi connectivity index (χ1) is 7.83. The van der Waals surface area contributed by atoms with Gasteiger partial charge in [-0.15, -0.1) is 11.3 Å². The zero-order chi connectivity index (χ0) is 11.0. The van der Waals surface area contributed by atoms with Crippen molar-refractivity contribution < 1.29 is 0 Å². The molecule has 1 aromatic rings. The Morgan fingerprint density at radius 1 is 1.44 bits per heavy atom. The summed E-state index contributed by atoms with van der Waals surface area (Å²) in [6, 6.07) is 0. The lowest BCUT2D eigenvalue weighted by Gasteiger charge is -2.21. The van der Waals surface area contributed by atoms with Crippen molar-refractivity contribution in [1.82, 2.24) is 10.3 Å². The second kappa shape index (κ2) is 4.46. The first kappa shape index (κ1) is 10.7. The van der Waals surface area contributed by atoms with E-state index in [1.165, 1.54) is 42.8 Å². The van der Waals surface area contributed by atoms with E-state index >= 15 is 0 Å². The molecule has 1 heterocycles. The highest BCUT2D eigenvalue weighted by molar-refractivity contribution is 7.09. The molecule has 2 aliphatic carbocycles. The normalized spacial score (nSPS) is 32.4. The van der Waals surface area contributed by atoms with Crippen LogP contribution in [0.15, 0.2) is 5.51 Å². The molecule has 2 fully saturated rings. The molecule has 16 heavy (non-hydrogen) atoms. The third-order valence-electron chi connectivity index (χ3n) is 4.42. The lowest BCUT2D eigenvalue weighted by atomic mass is 9.89. The number of aromatic nitrogens is 1. The molecule has 3 atom stereocenters. The van der Waals surface area contributed by atoms with Crippen LogP contribution >= 0.6 is 11.3 Å². The second-order valence-corrected chi connectivity index (χ2v) is 6.37. The van der Waals surface area contributed by atoms with Gasteiger partial charge in [-0.05, 0) is 50.5 Å². The van der Waals surface area contributed by atoms with E-state index in [2.05, 4.69) is 17.2 Å². The quantitative estimate of drug-likeness (QED) is 0.869. The predicted octanol–water partition coefficient (Wildman–Crippen LogP) is 2.98. The van der Waals surface area contributed by atoms with Crippen molar-refractivity contribution in [2.75, 3.05) is 6.54 Å². The number of thiazole rings is 1. The van der Waals surface area contributed by atoms with Gasteiger partial charge in [-0.25, -0.2) is 4.98 Å². The van der Waals surface area contributed by atoms with Crippen molar-refractivity contribution >= 4 is 11.3 Å². The Hall–Kier alpha value is -0.410. The maximum Gasteiger partial charge on any atom is 0.0798 e. The van der Waals surface area contributed by atoms with Crippen molar-refractivity contribution in [3.8, 4) is 0 Å². The van der Waals surface area contributed by atoms with Crippen LogP contribution in [0, 0.1) is 24.7 Å². The van der Waals surface area contributed by atoms with Crippen LogP contribution in [0.5, 0.6) is 0 Å². The Labute approximate surface area is 101 Å². The molecular weight excluding hydrogens is 216 g/mol. The fraction of sp³-hybridized carbons (Fsp3) is 0.769. The number of fused-ring (bicyclic) bond motifs is 2. The maximum atomic E-state index is 4.28. The van der Waals surface area contributed by atoms with Gasteiger partial charge < -0.3 is 5.32 Å². The van der Waals surface area contributed by atoms with Gasteiger partial charge in [0, 0.05) is 11.4 Å². The Balaban J connectivity index is 1.46. The molecule has 2 nitrogen and oxygen atoms in total. The van der Waals surface area contributed by atoms with Gasteiger partial charge in [-0.3, -0.25) is 0 Å². The summed E-state index contributed by atoms with van der Waals surface area (Å²) in [5, 5.41) is 3.63. The summed E-state index contributed by atoms with van der Waals surface area (Å²) < 4.78 is 0. The summed E-state index contributed by atoms with van der Waals surface area (Å²) in [6.45, 7) is 4.34. The van der Waals surface area contributed by atoms with Crippen molar-refractivity contribution in [3.63, 3.8) is 0 Å². The molecule has 0 aliphatic heterocycles. The molecule has 3 rings (SSSR count). The highest BCUT2D eigenvalue weighted by Crippen LogP contribution is 2.47. The Morgan fingerprint density at radius 3 is 3.00 bits per heavy atom. The van der Waals surface area contributed by atoms with Crippen LogP contribution in [0.4, 0.5) is 0 Å². The van der Waals surface area contributed by atoms with E-state index in [0.29, 0.717) is 0 Å². The molecule has 1 N–H and O–H groups in total. The number of hydrogen-bond acceptors (Lipinski definition) is 3. The van der Waals surface area contributed by atoms with Crippen LogP contribution in [-0.2, 0) is 6.54 Å². The molecule has 2 aliphatic rings. The molecule has 1 aromatic heterocycles. The van der Waals surface area contributed by atoms with Gasteiger partial charge in [0.25, 0.3) is 0 Å². The average molecular weight is 236 g/mol. The lowest BCUT2D eigenvalue weighted by Crippen LogP contribution is -2.26. The Morgan fingerprint density at radius 2 is 2.38 bits per heavy atom. The van der Waals surface area contributed by atoms with Gasteiger partial charge >= 0.3 is 0 Å². The monoisotopic (exact) mass is 236 g/mol. The number of hydrogen-bond donors (Lipinski definition) is 1. The molecule has 0 radical (unpaired) electrons. The summed E-state index contributed by atoms with van der Waals surface area (Å²) in [5.41, 5.74) is 3.15. The van der Waals surface area contributed by atoms with E-state index < -0.39 is 0 Å². The van der Waals surface area contributed by atoms with Crippen LogP contribution in [0.1, 0.15) is 36.3 Å². The number of aryl methyl sites for hydroxylation is 1. The van der Waals surface area contributed by atoms with Crippen LogP contribution in [-0.4, -0.2) is 11.5 Å². The van der Waals surface area contributed by atoms with Gasteiger partial charge in [-0.1, -0.05) is 6.42 Å². The van der Waals surface area contributed by atoms with Crippen molar-refractivity contribution in [2.45, 2.75) is 39.2 Å². The van der Waals surface area contributed by atoms with Crippen LogP contribution in [0.3, 0.4) is 0 Å². The Bertz CT molecular complexity index is 361. The second-order valence-electron chi connectivity index (χ2n) is 5.43. The maximum absolute atomic E-state index is 4.28. The molecule has 0 saturated heterocycles. The van der Waals surface area contributed by atoms with Gasteiger partial charge in [0.15, 0.2) is 0 Å². The summed E-state index contributed by atoms with van der Waals surface area (Å²) >= 11 is 1.77. The Kier molecular flexibility index (Phi) is 2.99. The summed E-state index contributed by atoms with van der Waals surface area (Å²) in [6.07, 6.45) is 6.01. The number of rotatable bonds is 4. The molecule has 0 amide bonds. The summed E-state index contributed by atoms with van der Waals surface area (Å²) in [4.78, 5) is 5.69. The van der Waals surface area contributed by atoms with E-state index in [4.69, 9.17) is 0 Å². The van der Waals surface area contributed by atoms with Crippen molar-refractivity contribution in [1.29, 1.82) is 0 Å². The first-order valence-electron chi connectivity index (χ1n) is 6.42. The van der Waals surface area contributed by atoms with Crippen LogP contribution in [0.25, 0.3) is 0 Å². The highest BCUT2D eigenvalue weighted by atomic mass is 32.1. The fourth-order valence-electron chi connectivity index (χ4n) is 3.49. The van der Waals surface area contributed by atoms with Crippen LogP contribution in [0.2, 0.25) is 0 Å². The van der Waals surface area contributed by atoms with Crippen molar-refractivity contribution in [3.05, 3.63) is 16.1 Å². The van der Waals surface area contributed by atoms with Gasteiger partial charge in [-0.2, -0.15) is 0 Å². The standard InChI is InChI=1S/C13H20N2S/c1-9-13(16-8-15-9)7-14-6-12-5-10-2-3-11(12)4-10/h8,10-12,14H,2-7H2,1H3. The topological polar surface area (TPSA) is 24.9 Å². The third-order valence-corrected chi connectivity index (χ3v) is 5.36. The zero-order valence-electron chi connectivity index (χ0n) is 9.91. The van der Waals surface area contributed by atoms with Gasteiger partial charge in [0.05, 0.1) is 11.2 Å². The van der Waals surface area contributed by atoms with Crippen molar-refractivity contribution in [2.24, 2.45) is 17.8 Å². The molecule has 0 aromatic carbocycles. The summed E-state index contributed by atoms with van der Waals surface area (Å²) in [5.74, 6) is 3.08. The van der Waals surface area contributed by atoms with E-state index in [9.17, 15) is 0 Å². The number of nitrogens with one attached hydrogen (secondary N) is 1. The molecule has 2 bridgehead atoms. The molecule has 3 heteroatoms. The van der Waals surface area contributed by atoms with Crippen LogP contribution < -0.4 is 5.32 Å². The highest BCUT2D eigenvalue weighted by Gasteiger charge is 2.38. The van der Waals surface area contributed by atoms with Gasteiger partial charge in [0.1, 0.15) is 0 Å². The molecule has 2 saturated carbocycles. The van der Waals surface area contributed by atoms with Gasteiger partial charge in [0.2, 0.25) is 0 Å². The molecule has 0 spiro atoms. The minimum atomic E-state index is 0.965. The molecule has 88 valence electrons. The van der Waals surface area contributed by atoms with E-state index in [0.717, 1.165) is 24.3 Å². The zero-order valence-corrected chi connectivity index (χ0v) is 10.7. The lowest BCUT2D eigenvalue weighted by molar-refractivity contribution is 0.319. The molecular formula is C13H20N2S. The largest absolute Gasteiger partial charge is 0.311 e. The smallest absolute Gasteiger partial charge is 0.0798 e. The minimum Gasteiger partial charge on any atom is -0.311 e. The average Bonchev–Trinajstić information content (AvgIpc) is 2.96. The summed E-state index contributed by atoms with van der Waals surface area (Å²) in [7, 11) is 0. The SMILES string of the molecule is Cc1ncsc1CNCC1CC2CCC1C2. The van der Waals surface area contributed by atoms with E-state index in [1.54, 1.807) is 11.3 Å². The fourth-order valence-corrected chi connectivity index (χ4v) is 4.24. The minimum absolute atomic E-state index is 0.965. The first-order valence-corrected chi connectivity index (χ1v) is 7.30. The molecule has 3 unspecified atom stereocenters. The number of nitrogens with zero attached hydrogens (tertiary/aromatic N) is 1. The predicted molar refractivity (Wildman–Crippen MR) is 67.5 cm³/mol.